The zero-order valence-corrected chi connectivity index (χ0v) is 6.83. The summed E-state index contributed by atoms with van der Waals surface area (Å²) >= 11 is 0. The minimum Gasteiger partial charge on any atom is -0.292 e. The van der Waals surface area contributed by atoms with Crippen molar-refractivity contribution in [1.29, 1.82) is 0 Å². The van der Waals surface area contributed by atoms with Gasteiger partial charge in [0.15, 0.2) is 0 Å². The number of hydrogen-bond donors (Lipinski definition) is 1. The van der Waals surface area contributed by atoms with Crippen molar-refractivity contribution in [2.75, 3.05) is 0 Å². The van der Waals surface area contributed by atoms with Crippen LogP contribution >= 0.6 is 0 Å². The molecule has 1 saturated heterocycles. The van der Waals surface area contributed by atoms with Crippen LogP contribution in [0.1, 0.15) is 6.42 Å². The van der Waals surface area contributed by atoms with Gasteiger partial charge in [-0.2, -0.15) is 0 Å². The van der Waals surface area contributed by atoms with Gasteiger partial charge in [-0.1, -0.05) is 18.2 Å². The number of piperidine rings is 1. The monoisotopic (exact) mass is 173 g/mol. The van der Waals surface area contributed by atoms with Gasteiger partial charge in [-0.3, -0.25) is 14.9 Å². The van der Waals surface area contributed by atoms with Crippen LogP contribution in [0.4, 0.5) is 0 Å². The lowest BCUT2D eigenvalue weighted by atomic mass is 9.97. The average Bonchev–Trinajstić information content (AvgIpc) is 2.58. The van der Waals surface area contributed by atoms with E-state index in [0.717, 1.165) is 16.7 Å². The minimum atomic E-state index is -0.216. The smallest absolute Gasteiger partial charge is 0.254 e. The van der Waals surface area contributed by atoms with Crippen molar-refractivity contribution in [2.24, 2.45) is 5.92 Å². The molecular weight excluding hydrogens is 166 g/mol. The van der Waals surface area contributed by atoms with Gasteiger partial charge in [0, 0.05) is 5.57 Å². The van der Waals surface area contributed by atoms with E-state index in [1.807, 2.05) is 18.2 Å². The third kappa shape index (κ3) is 0.691. The molecule has 2 amide bonds. The van der Waals surface area contributed by atoms with E-state index >= 15 is 0 Å². The summed E-state index contributed by atoms with van der Waals surface area (Å²) < 4.78 is 0. The van der Waals surface area contributed by atoms with E-state index in [4.69, 9.17) is 0 Å². The highest BCUT2D eigenvalue weighted by Crippen LogP contribution is 2.42. The van der Waals surface area contributed by atoms with Gasteiger partial charge >= 0.3 is 0 Å². The Balaban J connectivity index is 2.24. The van der Waals surface area contributed by atoms with Crippen LogP contribution in [0.3, 0.4) is 0 Å². The third-order valence-corrected chi connectivity index (χ3v) is 2.79. The summed E-state index contributed by atoms with van der Waals surface area (Å²) in [5.41, 5.74) is 2.75. The number of carbonyl (C=O) groups excluding carboxylic acids is 2. The van der Waals surface area contributed by atoms with Crippen LogP contribution in [0.5, 0.6) is 0 Å². The number of fused-ring (bicyclic) bond motifs is 4. The minimum absolute atomic E-state index is 0.113. The molecule has 1 aliphatic heterocycles. The Hall–Kier alpha value is -1.64. The highest BCUT2D eigenvalue weighted by Gasteiger charge is 2.41. The van der Waals surface area contributed by atoms with E-state index in [0.29, 0.717) is 6.42 Å². The number of rotatable bonds is 0. The molecule has 0 radical (unpaired) electrons. The zero-order chi connectivity index (χ0) is 9.00. The predicted molar refractivity (Wildman–Crippen MR) is 45.5 cm³/mol. The van der Waals surface area contributed by atoms with Gasteiger partial charge in [-0.05, 0) is 17.6 Å². The van der Waals surface area contributed by atoms with E-state index in [2.05, 4.69) is 5.32 Å². The van der Waals surface area contributed by atoms with E-state index in [9.17, 15) is 9.59 Å². The molecule has 0 aromatic carbocycles. The molecule has 1 N–H and O–H groups in total. The number of nitrogens with one attached hydrogen (secondary N) is 1. The average molecular weight is 173 g/mol. The Bertz CT molecular complexity index is 426. The maximum absolute atomic E-state index is 11.4. The molecule has 1 heterocycles. The second kappa shape index (κ2) is 1.99. The van der Waals surface area contributed by atoms with Gasteiger partial charge in [-0.15, -0.1) is 0 Å². The Labute approximate surface area is 74.8 Å². The van der Waals surface area contributed by atoms with E-state index in [1.54, 1.807) is 0 Å². The molecule has 0 spiro atoms. The first-order valence-corrected chi connectivity index (χ1v) is 4.24. The number of imide groups is 1. The lowest BCUT2D eigenvalue weighted by Crippen LogP contribution is -2.39. The molecule has 0 aromatic heterocycles. The third-order valence-electron chi connectivity index (χ3n) is 2.79. The lowest BCUT2D eigenvalue weighted by Gasteiger charge is -2.15. The van der Waals surface area contributed by atoms with Crippen molar-refractivity contribution in [3.05, 3.63) is 34.9 Å². The van der Waals surface area contributed by atoms with Crippen molar-refractivity contribution in [1.82, 2.24) is 5.32 Å². The Morgan fingerprint density at radius 2 is 2.23 bits per heavy atom. The molecular formula is C10H7NO2. The van der Waals surface area contributed by atoms with Crippen molar-refractivity contribution in [3.63, 3.8) is 0 Å². The van der Waals surface area contributed by atoms with Gasteiger partial charge in [0.05, 0.1) is 5.92 Å². The molecule has 3 heteroatoms. The zero-order valence-electron chi connectivity index (χ0n) is 6.83. The van der Waals surface area contributed by atoms with Crippen molar-refractivity contribution in [2.45, 2.75) is 6.42 Å². The Morgan fingerprint density at radius 1 is 1.38 bits per heavy atom. The fraction of sp³-hybridized carbons (Fsp3) is 0.200. The van der Waals surface area contributed by atoms with Crippen LogP contribution < -0.4 is 5.32 Å². The van der Waals surface area contributed by atoms with Crippen LogP contribution in [0.15, 0.2) is 34.9 Å². The second-order valence-corrected chi connectivity index (χ2v) is 3.45. The summed E-state index contributed by atoms with van der Waals surface area (Å²) in [6.07, 6.45) is 6.31. The van der Waals surface area contributed by atoms with Crippen LogP contribution in [-0.4, -0.2) is 11.8 Å². The Morgan fingerprint density at radius 3 is 3.08 bits per heavy atom. The number of carbonyl (C=O) groups is 2. The lowest BCUT2D eigenvalue weighted by molar-refractivity contribution is -0.132. The van der Waals surface area contributed by atoms with Crippen LogP contribution in [0.2, 0.25) is 0 Å². The van der Waals surface area contributed by atoms with Crippen molar-refractivity contribution < 1.29 is 9.59 Å². The van der Waals surface area contributed by atoms with Crippen LogP contribution in [0.25, 0.3) is 0 Å². The standard InChI is InChI=1S/C10H7NO2/c12-9-7-4-8(10(13)11-9)6-3-1-2-5(6)7/h1-3,7H,4H2,(H,11,12,13). The molecule has 2 bridgehead atoms. The molecule has 2 aliphatic carbocycles. The van der Waals surface area contributed by atoms with Gasteiger partial charge in [-0.25, -0.2) is 0 Å². The summed E-state index contributed by atoms with van der Waals surface area (Å²) in [4.78, 5) is 22.7. The summed E-state index contributed by atoms with van der Waals surface area (Å²) in [6.45, 7) is 0. The van der Waals surface area contributed by atoms with Crippen molar-refractivity contribution >= 4 is 11.8 Å². The largest absolute Gasteiger partial charge is 0.292 e. The molecule has 64 valence electrons. The van der Waals surface area contributed by atoms with E-state index in [1.165, 1.54) is 0 Å². The summed E-state index contributed by atoms with van der Waals surface area (Å²) in [7, 11) is 0. The van der Waals surface area contributed by atoms with Gasteiger partial charge in [0.1, 0.15) is 0 Å². The fourth-order valence-electron chi connectivity index (χ4n) is 2.16. The topological polar surface area (TPSA) is 46.2 Å². The first-order valence-electron chi connectivity index (χ1n) is 4.24. The molecule has 3 aliphatic rings. The molecule has 0 saturated carbocycles. The summed E-state index contributed by atoms with van der Waals surface area (Å²) in [6, 6.07) is 0. The predicted octanol–water partition coefficient (Wildman–Crippen LogP) is 0.455. The van der Waals surface area contributed by atoms with Crippen LogP contribution in [0, 0.1) is 5.92 Å². The fourth-order valence-corrected chi connectivity index (χ4v) is 2.16. The normalized spacial score (nSPS) is 29.2. The second-order valence-electron chi connectivity index (χ2n) is 3.45. The SMILES string of the molecule is O=C1NC(=O)C2CC1=C1C=CC=C12. The molecule has 1 fully saturated rings. The van der Waals surface area contributed by atoms with E-state index in [-0.39, 0.29) is 17.7 Å². The van der Waals surface area contributed by atoms with Crippen LogP contribution in [-0.2, 0) is 9.59 Å². The first-order chi connectivity index (χ1) is 6.27. The Kier molecular flexibility index (Phi) is 1.05. The molecule has 3 nitrogen and oxygen atoms in total. The molecule has 1 atom stereocenters. The highest BCUT2D eigenvalue weighted by atomic mass is 16.2. The molecule has 0 aromatic rings. The van der Waals surface area contributed by atoms with E-state index < -0.39 is 0 Å². The number of amides is 2. The highest BCUT2D eigenvalue weighted by molar-refractivity contribution is 6.12. The molecule has 3 rings (SSSR count). The van der Waals surface area contributed by atoms with Gasteiger partial charge in [0.25, 0.3) is 5.91 Å². The van der Waals surface area contributed by atoms with Gasteiger partial charge < -0.3 is 0 Å². The first kappa shape index (κ1) is 6.83. The quantitative estimate of drug-likeness (QED) is 0.541. The number of allylic oxidation sites excluding steroid dienone is 4. The van der Waals surface area contributed by atoms with Crippen molar-refractivity contribution in [3.8, 4) is 0 Å². The number of hydrogen-bond acceptors (Lipinski definition) is 2. The maximum Gasteiger partial charge on any atom is 0.254 e. The summed E-state index contributed by atoms with van der Waals surface area (Å²) in [5, 5.41) is 2.36. The molecule has 13 heavy (non-hydrogen) atoms. The molecule has 1 unspecified atom stereocenters. The summed E-state index contributed by atoms with van der Waals surface area (Å²) in [5.74, 6) is -0.484. The van der Waals surface area contributed by atoms with Gasteiger partial charge in [0.2, 0.25) is 5.91 Å². The maximum atomic E-state index is 11.4.